The highest BCUT2D eigenvalue weighted by atomic mass is 32.2. The van der Waals surface area contributed by atoms with Crippen LogP contribution in [0.1, 0.15) is 47.5 Å². The van der Waals surface area contributed by atoms with Crippen molar-refractivity contribution < 1.29 is 19.1 Å². The summed E-state index contributed by atoms with van der Waals surface area (Å²) in [5.41, 5.74) is 4.34. The molecule has 0 aliphatic carbocycles. The van der Waals surface area contributed by atoms with Gasteiger partial charge in [-0.2, -0.15) is 11.8 Å². The van der Waals surface area contributed by atoms with Gasteiger partial charge in [-0.05, 0) is 85.7 Å². The smallest absolute Gasteiger partial charge is 0.326 e. The predicted octanol–water partition coefficient (Wildman–Crippen LogP) is 5.60. The third kappa shape index (κ3) is 7.23. The van der Waals surface area contributed by atoms with Crippen molar-refractivity contribution in [3.8, 4) is 11.1 Å². The van der Waals surface area contributed by atoms with E-state index in [0.29, 0.717) is 30.8 Å². The van der Waals surface area contributed by atoms with Gasteiger partial charge in [0.05, 0.1) is 12.8 Å². The summed E-state index contributed by atoms with van der Waals surface area (Å²) in [6, 6.07) is 17.0. The summed E-state index contributed by atoms with van der Waals surface area (Å²) in [6.45, 7) is 7.67. The molecule has 2 N–H and O–H groups in total. The fraction of sp³-hybridized carbons (Fsp3) is 0.357. The second-order valence-corrected chi connectivity index (χ2v) is 9.90. The first-order chi connectivity index (χ1) is 16.8. The number of thioether (sulfide) groups is 1. The number of aliphatic carboxylic acids is 1. The Morgan fingerprint density at radius 3 is 2.46 bits per heavy atom. The molecular formula is C28H34N2O4S. The van der Waals surface area contributed by atoms with Gasteiger partial charge in [-0.3, -0.25) is 9.69 Å². The van der Waals surface area contributed by atoms with E-state index in [2.05, 4.69) is 24.1 Å². The van der Waals surface area contributed by atoms with E-state index in [1.54, 1.807) is 18.0 Å². The van der Waals surface area contributed by atoms with Crippen LogP contribution in [0.25, 0.3) is 11.1 Å². The lowest BCUT2D eigenvalue weighted by molar-refractivity contribution is -0.139. The zero-order valence-corrected chi connectivity index (χ0v) is 21.6. The average Bonchev–Trinajstić information content (AvgIpc) is 3.34. The highest BCUT2D eigenvalue weighted by Gasteiger charge is 2.23. The number of carbonyl (C=O) groups is 2. The first-order valence-corrected chi connectivity index (χ1v) is 13.2. The molecule has 0 aliphatic heterocycles. The van der Waals surface area contributed by atoms with Crippen molar-refractivity contribution in [3.63, 3.8) is 0 Å². The summed E-state index contributed by atoms with van der Waals surface area (Å²) in [7, 11) is 0. The zero-order valence-electron chi connectivity index (χ0n) is 20.8. The Labute approximate surface area is 211 Å². The Balaban J connectivity index is 1.95. The first-order valence-electron chi connectivity index (χ1n) is 11.8. The van der Waals surface area contributed by atoms with E-state index in [1.807, 2.05) is 67.8 Å². The molecule has 35 heavy (non-hydrogen) atoms. The van der Waals surface area contributed by atoms with Crippen molar-refractivity contribution >= 4 is 23.6 Å². The Kier molecular flexibility index (Phi) is 9.57. The van der Waals surface area contributed by atoms with E-state index in [-0.39, 0.29) is 11.9 Å². The SMILES string of the molecule is CSCC[C@H](NC(=O)c1ccc(CN(Cc2ccco2)C(C)C)cc1-c1ccccc1C)C(=O)O. The molecule has 186 valence electrons. The van der Waals surface area contributed by atoms with Gasteiger partial charge in [-0.15, -0.1) is 0 Å². The molecule has 0 aliphatic rings. The number of rotatable bonds is 12. The molecule has 0 unspecified atom stereocenters. The largest absolute Gasteiger partial charge is 0.480 e. The number of carboxylic acids is 1. The fourth-order valence-electron chi connectivity index (χ4n) is 3.97. The van der Waals surface area contributed by atoms with Crippen molar-refractivity contribution in [3.05, 3.63) is 83.3 Å². The van der Waals surface area contributed by atoms with Gasteiger partial charge < -0.3 is 14.8 Å². The number of carboxylic acid groups (broad SMARTS) is 1. The Hall–Kier alpha value is -3.03. The van der Waals surface area contributed by atoms with Crippen molar-refractivity contribution in [2.24, 2.45) is 0 Å². The normalized spacial score (nSPS) is 12.2. The van der Waals surface area contributed by atoms with E-state index < -0.39 is 12.0 Å². The van der Waals surface area contributed by atoms with Gasteiger partial charge in [0.1, 0.15) is 11.8 Å². The lowest BCUT2D eigenvalue weighted by atomic mass is 9.93. The number of amides is 1. The molecule has 1 heterocycles. The van der Waals surface area contributed by atoms with Gasteiger partial charge in [-0.1, -0.05) is 30.3 Å². The zero-order chi connectivity index (χ0) is 25.4. The molecule has 0 saturated heterocycles. The van der Waals surface area contributed by atoms with Crippen LogP contribution in [0.15, 0.2) is 65.3 Å². The number of hydrogen-bond acceptors (Lipinski definition) is 5. The maximum Gasteiger partial charge on any atom is 0.326 e. The van der Waals surface area contributed by atoms with Crippen LogP contribution in [-0.2, 0) is 17.9 Å². The van der Waals surface area contributed by atoms with Crippen molar-refractivity contribution in [2.75, 3.05) is 12.0 Å². The van der Waals surface area contributed by atoms with Crippen molar-refractivity contribution in [1.29, 1.82) is 0 Å². The van der Waals surface area contributed by atoms with Crippen LogP contribution in [-0.4, -0.2) is 46.0 Å². The molecule has 0 bridgehead atoms. The maximum absolute atomic E-state index is 13.3. The molecule has 3 rings (SSSR count). The van der Waals surface area contributed by atoms with Gasteiger partial charge in [0.2, 0.25) is 0 Å². The van der Waals surface area contributed by atoms with Crippen molar-refractivity contribution in [2.45, 2.75) is 52.4 Å². The van der Waals surface area contributed by atoms with Crippen LogP contribution in [0, 0.1) is 6.92 Å². The summed E-state index contributed by atoms with van der Waals surface area (Å²) in [6.07, 6.45) is 3.97. The molecule has 3 aromatic rings. The highest BCUT2D eigenvalue weighted by molar-refractivity contribution is 7.98. The fourth-order valence-corrected chi connectivity index (χ4v) is 4.44. The van der Waals surface area contributed by atoms with Gasteiger partial charge in [0, 0.05) is 18.2 Å². The van der Waals surface area contributed by atoms with E-state index >= 15 is 0 Å². The second kappa shape index (κ2) is 12.6. The lowest BCUT2D eigenvalue weighted by Crippen LogP contribution is -2.41. The van der Waals surface area contributed by atoms with E-state index in [1.165, 1.54) is 0 Å². The summed E-state index contributed by atoms with van der Waals surface area (Å²) in [5, 5.41) is 12.3. The minimum Gasteiger partial charge on any atom is -0.480 e. The molecule has 1 aromatic heterocycles. The summed E-state index contributed by atoms with van der Waals surface area (Å²) < 4.78 is 5.55. The molecule has 6 nitrogen and oxygen atoms in total. The van der Waals surface area contributed by atoms with E-state index in [0.717, 1.165) is 28.0 Å². The molecule has 7 heteroatoms. The van der Waals surface area contributed by atoms with Crippen LogP contribution in [0.4, 0.5) is 0 Å². The number of furan rings is 1. The second-order valence-electron chi connectivity index (χ2n) is 8.92. The molecule has 0 fully saturated rings. The molecule has 0 spiro atoms. The topological polar surface area (TPSA) is 82.8 Å². The van der Waals surface area contributed by atoms with Crippen LogP contribution in [0.3, 0.4) is 0 Å². The number of nitrogens with one attached hydrogen (secondary N) is 1. The molecule has 1 atom stereocenters. The third-order valence-corrected chi connectivity index (χ3v) is 6.68. The standard InChI is InChI=1S/C28H34N2O4S/c1-19(2)30(18-22-9-7-14-34-22)17-21-11-12-24(25(16-21)23-10-6-5-8-20(23)3)27(31)29-26(28(32)33)13-15-35-4/h5-12,14,16,19,26H,13,15,17-18H2,1-4H3,(H,29,31)(H,32,33)/t26-/m0/s1. The molecular weight excluding hydrogens is 460 g/mol. The van der Waals surface area contributed by atoms with Crippen molar-refractivity contribution in [1.82, 2.24) is 10.2 Å². The molecule has 1 amide bonds. The Morgan fingerprint density at radius 1 is 1.06 bits per heavy atom. The number of carbonyl (C=O) groups excluding carboxylic acids is 1. The monoisotopic (exact) mass is 494 g/mol. The average molecular weight is 495 g/mol. The Bertz CT molecular complexity index is 1130. The van der Waals surface area contributed by atoms with E-state index in [4.69, 9.17) is 4.42 Å². The maximum atomic E-state index is 13.3. The predicted molar refractivity (Wildman–Crippen MR) is 142 cm³/mol. The first kappa shape index (κ1) is 26.6. The van der Waals surface area contributed by atoms with Crippen LogP contribution in [0.2, 0.25) is 0 Å². The Morgan fingerprint density at radius 2 is 1.83 bits per heavy atom. The summed E-state index contributed by atoms with van der Waals surface area (Å²) >= 11 is 1.56. The molecule has 0 radical (unpaired) electrons. The number of nitrogens with zero attached hydrogens (tertiary/aromatic N) is 1. The lowest BCUT2D eigenvalue weighted by Gasteiger charge is -2.26. The molecule has 0 saturated carbocycles. The van der Waals surface area contributed by atoms with Crippen LogP contribution in [0.5, 0.6) is 0 Å². The van der Waals surface area contributed by atoms with Gasteiger partial charge in [0.15, 0.2) is 0 Å². The number of aryl methyl sites for hydroxylation is 1. The van der Waals surface area contributed by atoms with Crippen LogP contribution >= 0.6 is 11.8 Å². The van der Waals surface area contributed by atoms with Crippen LogP contribution < -0.4 is 5.32 Å². The minimum atomic E-state index is -1.02. The third-order valence-electron chi connectivity index (χ3n) is 6.03. The molecule has 2 aromatic carbocycles. The highest BCUT2D eigenvalue weighted by Crippen LogP contribution is 2.29. The van der Waals surface area contributed by atoms with Gasteiger partial charge >= 0.3 is 5.97 Å². The number of hydrogen-bond donors (Lipinski definition) is 2. The quantitative estimate of drug-likeness (QED) is 0.341. The number of benzene rings is 2. The van der Waals surface area contributed by atoms with Gasteiger partial charge in [-0.25, -0.2) is 4.79 Å². The summed E-state index contributed by atoms with van der Waals surface area (Å²) in [5.74, 6) is 0.159. The summed E-state index contributed by atoms with van der Waals surface area (Å²) in [4.78, 5) is 27.3. The van der Waals surface area contributed by atoms with E-state index in [9.17, 15) is 14.7 Å². The van der Waals surface area contributed by atoms with Gasteiger partial charge in [0.25, 0.3) is 5.91 Å². The minimum absolute atomic E-state index is 0.290.